The quantitative estimate of drug-likeness (QED) is 0.756. The van der Waals surface area contributed by atoms with E-state index in [1.165, 1.54) is 5.69 Å². The molecule has 0 spiro atoms. The molecule has 1 aliphatic carbocycles. The van der Waals surface area contributed by atoms with Crippen molar-refractivity contribution < 1.29 is 0 Å². The van der Waals surface area contributed by atoms with Gasteiger partial charge in [0, 0.05) is 19.0 Å². The smallest absolute Gasteiger partial charge is 0.0860 e. The van der Waals surface area contributed by atoms with E-state index in [9.17, 15) is 0 Å². The molecule has 1 aliphatic rings. The van der Waals surface area contributed by atoms with Crippen LogP contribution in [0.3, 0.4) is 0 Å². The van der Waals surface area contributed by atoms with Gasteiger partial charge in [-0.15, -0.1) is 5.10 Å². The molecular formula is C10H18N4. The maximum absolute atomic E-state index is 5.94. The topological polar surface area (TPSA) is 56.7 Å². The Bertz CT molecular complexity index is 316. The first-order valence-electron chi connectivity index (χ1n) is 5.33. The lowest BCUT2D eigenvalue weighted by Crippen LogP contribution is -2.29. The molecule has 2 rings (SSSR count). The van der Waals surface area contributed by atoms with Crippen LogP contribution >= 0.6 is 0 Å². The first-order valence-corrected chi connectivity index (χ1v) is 5.33. The summed E-state index contributed by atoms with van der Waals surface area (Å²) in [5.74, 6) is 0.610. The van der Waals surface area contributed by atoms with Crippen LogP contribution in [0, 0.1) is 5.92 Å². The van der Waals surface area contributed by atoms with Crippen molar-refractivity contribution in [2.75, 3.05) is 0 Å². The predicted octanol–water partition coefficient (Wildman–Crippen LogP) is 0.750. The zero-order valence-corrected chi connectivity index (χ0v) is 8.90. The Morgan fingerprint density at radius 2 is 2.36 bits per heavy atom. The molecule has 1 aromatic rings. The summed E-state index contributed by atoms with van der Waals surface area (Å²) in [7, 11) is 0. The van der Waals surface area contributed by atoms with Gasteiger partial charge in [0.15, 0.2) is 0 Å². The minimum Gasteiger partial charge on any atom is -0.327 e. The Kier molecular flexibility index (Phi) is 2.54. The molecule has 0 unspecified atom stereocenters. The van der Waals surface area contributed by atoms with Crippen LogP contribution in [0.4, 0.5) is 0 Å². The third kappa shape index (κ3) is 1.80. The monoisotopic (exact) mass is 194 g/mol. The third-order valence-electron chi connectivity index (χ3n) is 2.66. The number of aryl methyl sites for hydroxylation is 1. The molecule has 0 fully saturated rings. The fourth-order valence-electron chi connectivity index (χ4n) is 1.95. The lowest BCUT2D eigenvalue weighted by atomic mass is 9.96. The van der Waals surface area contributed by atoms with Gasteiger partial charge < -0.3 is 5.73 Å². The van der Waals surface area contributed by atoms with E-state index in [0.717, 1.165) is 31.5 Å². The summed E-state index contributed by atoms with van der Waals surface area (Å²) in [5, 5.41) is 8.39. The van der Waals surface area contributed by atoms with Crippen LogP contribution in [0.15, 0.2) is 0 Å². The molecule has 4 heteroatoms. The number of nitrogens with two attached hydrogens (primary N) is 1. The Balaban J connectivity index is 2.22. The molecule has 1 aromatic heterocycles. The zero-order chi connectivity index (χ0) is 10.1. The van der Waals surface area contributed by atoms with Gasteiger partial charge in [0.25, 0.3) is 0 Å². The lowest BCUT2D eigenvalue weighted by Gasteiger charge is -2.18. The Morgan fingerprint density at radius 3 is 3.07 bits per heavy atom. The lowest BCUT2D eigenvalue weighted by molar-refractivity contribution is 0.446. The molecule has 0 amide bonds. The van der Waals surface area contributed by atoms with E-state index in [-0.39, 0.29) is 0 Å². The van der Waals surface area contributed by atoms with Crippen LogP contribution in [0.1, 0.15) is 31.7 Å². The first kappa shape index (κ1) is 9.65. The summed E-state index contributed by atoms with van der Waals surface area (Å²) in [6.07, 6.45) is 2.98. The number of nitrogens with zero attached hydrogens (tertiary/aromatic N) is 3. The summed E-state index contributed by atoms with van der Waals surface area (Å²) in [6.45, 7) is 5.34. The summed E-state index contributed by atoms with van der Waals surface area (Å²) in [5.41, 5.74) is 8.36. The maximum atomic E-state index is 5.94. The van der Waals surface area contributed by atoms with Gasteiger partial charge >= 0.3 is 0 Å². The predicted molar refractivity (Wildman–Crippen MR) is 54.9 cm³/mol. The Morgan fingerprint density at radius 1 is 1.57 bits per heavy atom. The fraction of sp³-hybridized carbons (Fsp3) is 0.800. The van der Waals surface area contributed by atoms with Crippen LogP contribution in [0.5, 0.6) is 0 Å². The van der Waals surface area contributed by atoms with E-state index in [0.29, 0.717) is 12.0 Å². The van der Waals surface area contributed by atoms with Crippen molar-refractivity contribution >= 4 is 0 Å². The molecule has 4 nitrogen and oxygen atoms in total. The van der Waals surface area contributed by atoms with Crippen molar-refractivity contribution in [3.8, 4) is 0 Å². The van der Waals surface area contributed by atoms with E-state index in [1.807, 2.05) is 4.68 Å². The van der Waals surface area contributed by atoms with E-state index in [1.54, 1.807) is 0 Å². The second kappa shape index (κ2) is 3.69. The third-order valence-corrected chi connectivity index (χ3v) is 2.66. The Labute approximate surface area is 84.5 Å². The maximum Gasteiger partial charge on any atom is 0.0860 e. The highest BCUT2D eigenvalue weighted by molar-refractivity contribution is 5.15. The highest BCUT2D eigenvalue weighted by atomic mass is 15.4. The molecule has 1 heterocycles. The number of hydrogen-bond donors (Lipinski definition) is 1. The van der Waals surface area contributed by atoms with E-state index in [4.69, 9.17) is 5.73 Å². The highest BCUT2D eigenvalue weighted by Crippen LogP contribution is 2.18. The van der Waals surface area contributed by atoms with Gasteiger partial charge in [0.05, 0.1) is 11.4 Å². The van der Waals surface area contributed by atoms with Crippen LogP contribution in [-0.4, -0.2) is 21.0 Å². The molecule has 14 heavy (non-hydrogen) atoms. The second-order valence-electron chi connectivity index (χ2n) is 4.56. The molecular weight excluding hydrogens is 176 g/mol. The standard InChI is InChI=1S/C10H18N4/c1-7(2)6-14-10-5-8(11)3-4-9(10)12-13-14/h7-8H,3-6,11H2,1-2H3/t8-/m1/s1. The molecule has 2 N–H and O–H groups in total. The average molecular weight is 194 g/mol. The highest BCUT2D eigenvalue weighted by Gasteiger charge is 2.21. The second-order valence-corrected chi connectivity index (χ2v) is 4.56. The number of hydrogen-bond acceptors (Lipinski definition) is 3. The summed E-state index contributed by atoms with van der Waals surface area (Å²) >= 11 is 0. The van der Waals surface area contributed by atoms with Crippen molar-refractivity contribution in [2.45, 2.75) is 45.7 Å². The van der Waals surface area contributed by atoms with E-state index >= 15 is 0 Å². The van der Waals surface area contributed by atoms with Crippen molar-refractivity contribution in [1.82, 2.24) is 15.0 Å². The van der Waals surface area contributed by atoms with Gasteiger partial charge in [-0.3, -0.25) is 0 Å². The largest absolute Gasteiger partial charge is 0.327 e. The number of rotatable bonds is 2. The Hall–Kier alpha value is -0.900. The average Bonchev–Trinajstić information content (AvgIpc) is 2.47. The van der Waals surface area contributed by atoms with Gasteiger partial charge in [-0.05, 0) is 18.8 Å². The minimum atomic E-state index is 0.298. The van der Waals surface area contributed by atoms with Gasteiger partial charge in [0.1, 0.15) is 0 Å². The van der Waals surface area contributed by atoms with Gasteiger partial charge in [-0.25, -0.2) is 4.68 Å². The van der Waals surface area contributed by atoms with Gasteiger partial charge in [-0.1, -0.05) is 19.1 Å². The SMILES string of the molecule is CC(C)Cn1nnc2c1C[C@H](N)CC2. The normalized spacial score (nSPS) is 21.3. The molecule has 0 saturated heterocycles. The summed E-state index contributed by atoms with van der Waals surface area (Å²) in [6, 6.07) is 0.298. The molecule has 0 aliphatic heterocycles. The number of fused-ring (bicyclic) bond motifs is 1. The van der Waals surface area contributed by atoms with Crippen LogP contribution in [0.2, 0.25) is 0 Å². The van der Waals surface area contributed by atoms with E-state index < -0.39 is 0 Å². The molecule has 0 radical (unpaired) electrons. The van der Waals surface area contributed by atoms with E-state index in [2.05, 4.69) is 24.2 Å². The van der Waals surface area contributed by atoms with Crippen molar-refractivity contribution in [3.63, 3.8) is 0 Å². The van der Waals surface area contributed by atoms with Gasteiger partial charge in [0.2, 0.25) is 0 Å². The van der Waals surface area contributed by atoms with Gasteiger partial charge in [-0.2, -0.15) is 0 Å². The first-order chi connectivity index (χ1) is 6.66. The van der Waals surface area contributed by atoms with Crippen LogP contribution < -0.4 is 5.73 Å². The van der Waals surface area contributed by atoms with Crippen LogP contribution in [-0.2, 0) is 19.4 Å². The minimum absolute atomic E-state index is 0.298. The fourth-order valence-corrected chi connectivity index (χ4v) is 1.95. The van der Waals surface area contributed by atoms with Crippen molar-refractivity contribution in [1.29, 1.82) is 0 Å². The molecule has 78 valence electrons. The van der Waals surface area contributed by atoms with Crippen LogP contribution in [0.25, 0.3) is 0 Å². The molecule has 0 saturated carbocycles. The molecule has 0 aromatic carbocycles. The summed E-state index contributed by atoms with van der Waals surface area (Å²) in [4.78, 5) is 0. The van der Waals surface area contributed by atoms with Crippen molar-refractivity contribution in [3.05, 3.63) is 11.4 Å². The number of aromatic nitrogens is 3. The summed E-state index contributed by atoms with van der Waals surface area (Å²) < 4.78 is 2.03. The zero-order valence-electron chi connectivity index (χ0n) is 8.90. The molecule has 1 atom stereocenters. The van der Waals surface area contributed by atoms with Crippen molar-refractivity contribution in [2.24, 2.45) is 11.7 Å². The molecule has 0 bridgehead atoms.